The summed E-state index contributed by atoms with van der Waals surface area (Å²) in [5.74, 6) is -0.677. The summed E-state index contributed by atoms with van der Waals surface area (Å²) in [6.07, 6.45) is 0. The quantitative estimate of drug-likeness (QED) is 0.454. The number of rotatable bonds is 5. The number of pyridine rings is 1. The van der Waals surface area contributed by atoms with E-state index in [0.29, 0.717) is 11.6 Å². The largest absolute Gasteiger partial charge is 0.353 e. The second-order valence-electron chi connectivity index (χ2n) is 7.23. The van der Waals surface area contributed by atoms with Crippen molar-refractivity contribution in [2.75, 3.05) is 0 Å². The van der Waals surface area contributed by atoms with Crippen molar-refractivity contribution >= 4 is 45.2 Å². The van der Waals surface area contributed by atoms with Crippen molar-refractivity contribution in [2.24, 2.45) is 0 Å². The topological polar surface area (TPSA) is 86.9 Å². The highest BCUT2D eigenvalue weighted by Gasteiger charge is 2.19. The van der Waals surface area contributed by atoms with Crippen LogP contribution in [0.2, 0.25) is 5.02 Å². The van der Waals surface area contributed by atoms with Crippen LogP contribution < -0.4 is 10.6 Å². The van der Waals surface area contributed by atoms with Gasteiger partial charge in [0.15, 0.2) is 0 Å². The van der Waals surface area contributed by atoms with Gasteiger partial charge in [-0.1, -0.05) is 41.9 Å². The number of fused-ring (bicyclic) bond motifs is 3. The molecule has 0 fully saturated rings. The Hall–Kier alpha value is -3.38. The second-order valence-corrected chi connectivity index (χ2v) is 7.67. The normalized spacial score (nSPS) is 12.1. The summed E-state index contributed by atoms with van der Waals surface area (Å²) in [5, 5.41) is 8.10. The summed E-state index contributed by atoms with van der Waals surface area (Å²) in [7, 11) is 0. The highest BCUT2D eigenvalue weighted by Crippen LogP contribution is 2.27. The Kier molecular flexibility index (Phi) is 5.42. The lowest BCUT2D eigenvalue weighted by molar-refractivity contribution is -0.122. The molecule has 0 saturated carbocycles. The standard InChI is InChI=1S/C23H21ClN4O2/c1-13-21-18(17-8-3-4-9-19(17)28-21)11-20(26-13)23(30)27-14(2)22(29)25-12-15-6-5-7-16(24)10-15/h3-11,14,28H,12H2,1-2H3,(H,25,29)(H,27,30). The number of hydrogen-bond donors (Lipinski definition) is 3. The van der Waals surface area contributed by atoms with Crippen molar-refractivity contribution in [3.8, 4) is 0 Å². The fraction of sp³-hybridized carbons (Fsp3) is 0.174. The number of H-pyrrole nitrogens is 1. The van der Waals surface area contributed by atoms with E-state index in [1.807, 2.05) is 43.3 Å². The molecule has 0 radical (unpaired) electrons. The van der Waals surface area contributed by atoms with Gasteiger partial charge in [0, 0.05) is 27.9 Å². The summed E-state index contributed by atoms with van der Waals surface area (Å²) in [6, 6.07) is 16.2. The van der Waals surface area contributed by atoms with Gasteiger partial charge in [-0.15, -0.1) is 0 Å². The first-order chi connectivity index (χ1) is 14.4. The molecule has 2 heterocycles. The number of amides is 2. The Bertz CT molecular complexity index is 1260. The minimum atomic E-state index is -0.711. The van der Waals surface area contributed by atoms with Gasteiger partial charge in [0.25, 0.3) is 5.91 Å². The van der Waals surface area contributed by atoms with Crippen LogP contribution in [-0.2, 0) is 11.3 Å². The molecular formula is C23H21ClN4O2. The maximum atomic E-state index is 12.8. The number of para-hydroxylation sites is 1. The predicted molar refractivity (Wildman–Crippen MR) is 119 cm³/mol. The molecule has 0 spiro atoms. The average Bonchev–Trinajstić information content (AvgIpc) is 3.11. The summed E-state index contributed by atoms with van der Waals surface area (Å²) < 4.78 is 0. The van der Waals surface area contributed by atoms with Crippen LogP contribution in [0.3, 0.4) is 0 Å². The summed E-state index contributed by atoms with van der Waals surface area (Å²) in [4.78, 5) is 32.9. The van der Waals surface area contributed by atoms with Gasteiger partial charge in [-0.25, -0.2) is 4.98 Å². The molecule has 0 saturated heterocycles. The maximum Gasteiger partial charge on any atom is 0.270 e. The zero-order valence-corrected chi connectivity index (χ0v) is 17.4. The smallest absolute Gasteiger partial charge is 0.270 e. The highest BCUT2D eigenvalue weighted by molar-refractivity contribution is 6.30. The second kappa shape index (κ2) is 8.16. The van der Waals surface area contributed by atoms with Crippen LogP contribution >= 0.6 is 11.6 Å². The first kappa shape index (κ1) is 19.9. The molecule has 2 aromatic heterocycles. The van der Waals surface area contributed by atoms with Crippen LogP contribution in [0.5, 0.6) is 0 Å². The fourth-order valence-corrected chi connectivity index (χ4v) is 3.66. The number of halogens is 1. The monoisotopic (exact) mass is 420 g/mol. The lowest BCUT2D eigenvalue weighted by atomic mass is 10.1. The minimum Gasteiger partial charge on any atom is -0.353 e. The minimum absolute atomic E-state index is 0.277. The van der Waals surface area contributed by atoms with E-state index >= 15 is 0 Å². The van der Waals surface area contributed by atoms with E-state index in [1.165, 1.54) is 0 Å². The van der Waals surface area contributed by atoms with Gasteiger partial charge in [-0.3, -0.25) is 9.59 Å². The zero-order valence-electron chi connectivity index (χ0n) is 16.6. The molecule has 1 atom stereocenters. The molecule has 2 aromatic carbocycles. The van der Waals surface area contributed by atoms with Crippen LogP contribution in [0.15, 0.2) is 54.6 Å². The van der Waals surface area contributed by atoms with E-state index in [1.54, 1.807) is 25.1 Å². The predicted octanol–water partition coefficient (Wildman–Crippen LogP) is 4.11. The SMILES string of the molecule is Cc1nc(C(=O)NC(C)C(=O)NCc2cccc(Cl)c2)cc2c1[nH]c1ccccc12. The molecule has 4 rings (SSSR count). The summed E-state index contributed by atoms with van der Waals surface area (Å²) in [5.41, 5.74) is 3.78. The third-order valence-corrected chi connectivity index (χ3v) is 5.24. The van der Waals surface area contributed by atoms with E-state index in [0.717, 1.165) is 33.1 Å². The van der Waals surface area contributed by atoms with Crippen LogP contribution in [0.4, 0.5) is 0 Å². The molecule has 30 heavy (non-hydrogen) atoms. The number of carbonyl (C=O) groups excluding carboxylic acids is 2. The van der Waals surface area contributed by atoms with Crippen LogP contribution in [0, 0.1) is 6.92 Å². The Morgan fingerprint density at radius 3 is 2.70 bits per heavy atom. The molecule has 0 aliphatic carbocycles. The molecule has 0 aliphatic heterocycles. The number of aryl methyl sites for hydroxylation is 1. The molecule has 4 aromatic rings. The van der Waals surface area contributed by atoms with Crippen molar-refractivity contribution in [3.63, 3.8) is 0 Å². The maximum absolute atomic E-state index is 12.8. The Balaban J connectivity index is 1.48. The van der Waals surface area contributed by atoms with Crippen molar-refractivity contribution in [1.82, 2.24) is 20.6 Å². The fourth-order valence-electron chi connectivity index (χ4n) is 3.45. The van der Waals surface area contributed by atoms with Crippen molar-refractivity contribution in [3.05, 3.63) is 76.6 Å². The average molecular weight is 421 g/mol. The number of nitrogens with zero attached hydrogens (tertiary/aromatic N) is 1. The van der Waals surface area contributed by atoms with E-state index in [-0.39, 0.29) is 11.6 Å². The third kappa shape index (κ3) is 4.00. The van der Waals surface area contributed by atoms with Crippen molar-refractivity contribution < 1.29 is 9.59 Å². The molecule has 6 nitrogen and oxygen atoms in total. The third-order valence-electron chi connectivity index (χ3n) is 5.01. The summed E-state index contributed by atoms with van der Waals surface area (Å²) >= 11 is 5.96. The number of nitrogens with one attached hydrogen (secondary N) is 3. The van der Waals surface area contributed by atoms with Crippen LogP contribution in [-0.4, -0.2) is 27.8 Å². The van der Waals surface area contributed by atoms with Gasteiger partial charge in [0.2, 0.25) is 5.91 Å². The van der Waals surface area contributed by atoms with Crippen LogP contribution in [0.25, 0.3) is 21.8 Å². The summed E-state index contributed by atoms with van der Waals surface area (Å²) in [6.45, 7) is 3.83. The number of aromatic nitrogens is 2. The van der Waals surface area contributed by atoms with Crippen molar-refractivity contribution in [2.45, 2.75) is 26.4 Å². The van der Waals surface area contributed by atoms with E-state index in [4.69, 9.17) is 11.6 Å². The van der Waals surface area contributed by atoms with Gasteiger partial charge in [-0.2, -0.15) is 0 Å². The Morgan fingerprint density at radius 1 is 1.10 bits per heavy atom. The molecule has 152 valence electrons. The van der Waals surface area contributed by atoms with Gasteiger partial charge in [-0.05, 0) is 43.7 Å². The van der Waals surface area contributed by atoms with E-state index in [2.05, 4.69) is 20.6 Å². The number of benzene rings is 2. The van der Waals surface area contributed by atoms with Gasteiger partial charge < -0.3 is 15.6 Å². The first-order valence-electron chi connectivity index (χ1n) is 9.63. The Morgan fingerprint density at radius 2 is 1.90 bits per heavy atom. The van der Waals surface area contributed by atoms with Crippen LogP contribution in [0.1, 0.15) is 28.7 Å². The van der Waals surface area contributed by atoms with Gasteiger partial charge in [0.1, 0.15) is 11.7 Å². The molecule has 2 amide bonds. The van der Waals surface area contributed by atoms with Gasteiger partial charge in [0.05, 0.1) is 11.2 Å². The lowest BCUT2D eigenvalue weighted by Gasteiger charge is -2.14. The van der Waals surface area contributed by atoms with E-state index < -0.39 is 11.9 Å². The number of carbonyl (C=O) groups is 2. The first-order valence-corrected chi connectivity index (χ1v) is 10.0. The van der Waals surface area contributed by atoms with E-state index in [9.17, 15) is 9.59 Å². The Labute approximate surface area is 178 Å². The number of aromatic amines is 1. The molecule has 1 unspecified atom stereocenters. The van der Waals surface area contributed by atoms with Crippen molar-refractivity contribution in [1.29, 1.82) is 0 Å². The lowest BCUT2D eigenvalue weighted by Crippen LogP contribution is -2.44. The van der Waals surface area contributed by atoms with Gasteiger partial charge >= 0.3 is 0 Å². The zero-order chi connectivity index (χ0) is 21.3. The molecule has 0 bridgehead atoms. The molecular weight excluding hydrogens is 400 g/mol. The molecule has 7 heteroatoms. The number of hydrogen-bond acceptors (Lipinski definition) is 3. The molecule has 0 aliphatic rings. The highest BCUT2D eigenvalue weighted by atomic mass is 35.5. The molecule has 3 N–H and O–H groups in total.